The van der Waals surface area contributed by atoms with Crippen molar-refractivity contribution in [2.24, 2.45) is 5.92 Å². The molecule has 0 saturated heterocycles. The van der Waals surface area contributed by atoms with E-state index in [1.165, 1.54) is 51.4 Å². The van der Waals surface area contributed by atoms with Crippen molar-refractivity contribution in [3.63, 3.8) is 0 Å². The zero-order chi connectivity index (χ0) is 15.6. The Morgan fingerprint density at radius 3 is 1.80 bits per heavy atom. The molecule has 0 fully saturated rings. The molecule has 0 spiro atoms. The topological polar surface area (TPSA) is 37.3 Å². The quantitative estimate of drug-likeness (QED) is 0.357. The highest BCUT2D eigenvalue weighted by atomic mass is 28.3. The molecule has 2 atom stereocenters. The van der Waals surface area contributed by atoms with Gasteiger partial charge in [0.1, 0.15) is 0 Å². The van der Waals surface area contributed by atoms with Gasteiger partial charge in [0, 0.05) is 8.07 Å². The van der Waals surface area contributed by atoms with Gasteiger partial charge in [0.15, 0.2) is 0 Å². The van der Waals surface area contributed by atoms with Crippen LogP contribution in [0.1, 0.15) is 71.6 Å². The summed E-state index contributed by atoms with van der Waals surface area (Å²) in [5.74, 6) is -0.789. The Hall–Kier alpha value is -0.313. The molecule has 1 N–H and O–H groups in total. The summed E-state index contributed by atoms with van der Waals surface area (Å²) in [4.78, 5) is 11.2. The van der Waals surface area contributed by atoms with Gasteiger partial charge in [-0.25, -0.2) is 0 Å². The third-order valence-electron chi connectivity index (χ3n) is 4.47. The molecule has 20 heavy (non-hydrogen) atoms. The van der Waals surface area contributed by atoms with Crippen molar-refractivity contribution in [1.29, 1.82) is 0 Å². The number of aliphatic carboxylic acids is 1. The predicted molar refractivity (Wildman–Crippen MR) is 91.1 cm³/mol. The fourth-order valence-corrected chi connectivity index (χ4v) is 5.82. The highest BCUT2D eigenvalue weighted by molar-refractivity contribution is 6.77. The molecule has 0 heterocycles. The fourth-order valence-electron chi connectivity index (χ4n) is 3.10. The van der Waals surface area contributed by atoms with Gasteiger partial charge in [-0.2, -0.15) is 0 Å². The van der Waals surface area contributed by atoms with Crippen LogP contribution in [0.15, 0.2) is 0 Å². The molecule has 0 aromatic rings. The van der Waals surface area contributed by atoms with Crippen LogP contribution in [-0.4, -0.2) is 19.1 Å². The molecule has 0 saturated carbocycles. The molecule has 0 aromatic carbocycles. The normalized spacial score (nSPS) is 15.1. The van der Waals surface area contributed by atoms with Crippen molar-refractivity contribution in [2.75, 3.05) is 0 Å². The van der Waals surface area contributed by atoms with Gasteiger partial charge in [0.2, 0.25) is 0 Å². The Morgan fingerprint density at radius 1 is 0.950 bits per heavy atom. The highest BCUT2D eigenvalue weighted by Gasteiger charge is 2.34. The van der Waals surface area contributed by atoms with Crippen molar-refractivity contribution >= 4 is 14.0 Å². The van der Waals surface area contributed by atoms with E-state index in [0.29, 0.717) is 5.54 Å². The lowest BCUT2D eigenvalue weighted by Crippen LogP contribution is -2.35. The van der Waals surface area contributed by atoms with Crippen LogP contribution in [0.5, 0.6) is 0 Å². The average Bonchev–Trinajstić information content (AvgIpc) is 2.34. The summed E-state index contributed by atoms with van der Waals surface area (Å²) >= 11 is 0. The molecular formula is C17H36O2Si. The lowest BCUT2D eigenvalue weighted by Gasteiger charge is -2.32. The zero-order valence-corrected chi connectivity index (χ0v) is 15.4. The third kappa shape index (κ3) is 8.78. The number of carboxylic acids is 1. The molecule has 0 aromatic heterocycles. The average molecular weight is 301 g/mol. The number of rotatable bonds is 12. The SMILES string of the molecule is CCCCCCCCCCC(C(C)C(=O)O)[Si](C)(C)C. The van der Waals surface area contributed by atoms with E-state index in [0.717, 1.165) is 6.42 Å². The fraction of sp³-hybridized carbons (Fsp3) is 0.941. The number of carbonyl (C=O) groups is 1. The molecule has 3 heteroatoms. The third-order valence-corrected chi connectivity index (χ3v) is 7.49. The van der Waals surface area contributed by atoms with Gasteiger partial charge in [0.05, 0.1) is 5.92 Å². The van der Waals surface area contributed by atoms with Gasteiger partial charge >= 0.3 is 5.97 Å². The van der Waals surface area contributed by atoms with Crippen LogP contribution in [0, 0.1) is 5.92 Å². The first kappa shape index (κ1) is 19.7. The van der Waals surface area contributed by atoms with E-state index in [9.17, 15) is 9.90 Å². The van der Waals surface area contributed by atoms with Crippen LogP contribution in [0.4, 0.5) is 0 Å². The highest BCUT2D eigenvalue weighted by Crippen LogP contribution is 2.35. The number of hydrogen-bond donors (Lipinski definition) is 1. The van der Waals surface area contributed by atoms with Crippen LogP contribution in [0.25, 0.3) is 0 Å². The van der Waals surface area contributed by atoms with Crippen LogP contribution in [0.3, 0.4) is 0 Å². The van der Waals surface area contributed by atoms with E-state index in [1.54, 1.807) is 0 Å². The zero-order valence-electron chi connectivity index (χ0n) is 14.4. The minimum Gasteiger partial charge on any atom is -0.481 e. The number of unbranched alkanes of at least 4 members (excludes halogenated alkanes) is 7. The van der Waals surface area contributed by atoms with Gasteiger partial charge in [-0.15, -0.1) is 0 Å². The molecule has 0 aliphatic rings. The summed E-state index contributed by atoms with van der Waals surface area (Å²) in [6.07, 6.45) is 11.7. The van der Waals surface area contributed by atoms with Crippen molar-refractivity contribution < 1.29 is 9.90 Å². The summed E-state index contributed by atoms with van der Waals surface area (Å²) in [5.41, 5.74) is 0.417. The first-order valence-corrected chi connectivity index (χ1v) is 12.1. The Bertz CT molecular complexity index is 258. The van der Waals surface area contributed by atoms with Gasteiger partial charge < -0.3 is 5.11 Å². The predicted octanol–water partition coefficient (Wildman–Crippen LogP) is 5.95. The van der Waals surface area contributed by atoms with E-state index < -0.39 is 14.0 Å². The van der Waals surface area contributed by atoms with Crippen molar-refractivity contribution in [2.45, 2.75) is 96.8 Å². The standard InChI is InChI=1S/C17H36O2Si/c1-6-7-8-9-10-11-12-13-14-16(20(3,4)5)15(2)17(18)19/h15-16H,6-14H2,1-5H3,(H,18,19). The monoisotopic (exact) mass is 300 g/mol. The van der Waals surface area contributed by atoms with E-state index in [1.807, 2.05) is 6.92 Å². The minimum atomic E-state index is -1.38. The lowest BCUT2D eigenvalue weighted by molar-refractivity contribution is -0.141. The first-order chi connectivity index (χ1) is 9.30. The molecule has 0 bridgehead atoms. The van der Waals surface area contributed by atoms with Crippen molar-refractivity contribution in [1.82, 2.24) is 0 Å². The lowest BCUT2D eigenvalue weighted by atomic mass is 10.0. The number of hydrogen-bond acceptors (Lipinski definition) is 1. The first-order valence-electron chi connectivity index (χ1n) is 8.53. The van der Waals surface area contributed by atoms with Crippen molar-refractivity contribution in [3.05, 3.63) is 0 Å². The Labute approximate surface area is 127 Å². The maximum absolute atomic E-state index is 11.2. The van der Waals surface area contributed by atoms with Gasteiger partial charge in [-0.05, 0) is 5.54 Å². The molecular weight excluding hydrogens is 264 g/mol. The maximum Gasteiger partial charge on any atom is 0.306 e. The molecule has 0 amide bonds. The molecule has 0 aliphatic carbocycles. The molecule has 0 aliphatic heterocycles. The Kier molecular flexibility index (Phi) is 10.3. The second-order valence-corrected chi connectivity index (χ2v) is 12.8. The molecule has 0 radical (unpaired) electrons. The van der Waals surface area contributed by atoms with Crippen LogP contribution < -0.4 is 0 Å². The Morgan fingerprint density at radius 2 is 1.40 bits per heavy atom. The summed E-state index contributed by atoms with van der Waals surface area (Å²) < 4.78 is 0. The van der Waals surface area contributed by atoms with Crippen molar-refractivity contribution in [3.8, 4) is 0 Å². The van der Waals surface area contributed by atoms with E-state index in [2.05, 4.69) is 26.6 Å². The van der Waals surface area contributed by atoms with Gasteiger partial charge in [-0.3, -0.25) is 4.79 Å². The number of carboxylic acid groups (broad SMARTS) is 1. The van der Waals surface area contributed by atoms with E-state index in [-0.39, 0.29) is 5.92 Å². The Balaban J connectivity index is 3.90. The van der Waals surface area contributed by atoms with E-state index in [4.69, 9.17) is 0 Å². The largest absolute Gasteiger partial charge is 0.481 e. The second-order valence-electron chi connectivity index (χ2n) is 7.36. The maximum atomic E-state index is 11.2. The second kappa shape index (κ2) is 10.4. The summed E-state index contributed by atoms with van der Waals surface area (Å²) in [5, 5.41) is 9.26. The van der Waals surface area contributed by atoms with Crippen LogP contribution in [0.2, 0.25) is 25.2 Å². The minimum absolute atomic E-state index is 0.175. The van der Waals surface area contributed by atoms with Gasteiger partial charge in [0.25, 0.3) is 0 Å². The summed E-state index contributed by atoms with van der Waals surface area (Å²) in [6, 6.07) is 0. The summed E-state index contributed by atoms with van der Waals surface area (Å²) in [7, 11) is -1.38. The molecule has 120 valence electrons. The van der Waals surface area contributed by atoms with E-state index >= 15 is 0 Å². The van der Waals surface area contributed by atoms with Gasteiger partial charge in [-0.1, -0.05) is 91.3 Å². The smallest absolute Gasteiger partial charge is 0.306 e. The molecule has 2 nitrogen and oxygen atoms in total. The van der Waals surface area contributed by atoms with Crippen LogP contribution in [-0.2, 0) is 4.79 Å². The molecule has 2 unspecified atom stereocenters. The summed E-state index contributed by atoms with van der Waals surface area (Å²) in [6.45, 7) is 11.1. The van der Waals surface area contributed by atoms with Crippen LogP contribution >= 0.6 is 0 Å². The molecule has 0 rings (SSSR count).